The maximum absolute atomic E-state index is 12.9. The lowest BCUT2D eigenvalue weighted by Crippen LogP contribution is -2.27. The van der Waals surface area contributed by atoms with Gasteiger partial charge in [-0.1, -0.05) is 17.3 Å². The Kier molecular flexibility index (Phi) is 4.03. The van der Waals surface area contributed by atoms with Gasteiger partial charge in [0.1, 0.15) is 0 Å². The molecule has 2 aromatic rings. The Labute approximate surface area is 131 Å². The van der Waals surface area contributed by atoms with Gasteiger partial charge in [-0.25, -0.2) is 8.42 Å². The molecule has 1 aromatic heterocycles. The SMILES string of the molecule is CC(C)(C)S(=O)(=O)c1[c]ccc(-c2noc(C(F)(F)Cl)n2)c1. The maximum atomic E-state index is 12.9. The van der Waals surface area contributed by atoms with Crippen LogP contribution in [0, 0.1) is 6.07 Å². The summed E-state index contributed by atoms with van der Waals surface area (Å²) < 4.78 is 53.8. The van der Waals surface area contributed by atoms with Crippen LogP contribution in [0.5, 0.6) is 0 Å². The summed E-state index contributed by atoms with van der Waals surface area (Å²) in [5.74, 6) is -1.24. The molecule has 0 amide bonds. The van der Waals surface area contributed by atoms with Crippen molar-refractivity contribution in [2.24, 2.45) is 0 Å². The monoisotopic (exact) mass is 349 g/mol. The van der Waals surface area contributed by atoms with Crippen molar-refractivity contribution in [3.63, 3.8) is 0 Å². The van der Waals surface area contributed by atoms with Crippen LogP contribution in [-0.4, -0.2) is 23.3 Å². The third-order valence-electron chi connectivity index (χ3n) is 2.80. The molecular weight excluding hydrogens is 338 g/mol. The number of hydrogen-bond acceptors (Lipinski definition) is 5. The Hall–Kier alpha value is -1.54. The summed E-state index contributed by atoms with van der Waals surface area (Å²) >= 11 is 4.79. The van der Waals surface area contributed by atoms with Gasteiger partial charge in [0, 0.05) is 11.6 Å². The van der Waals surface area contributed by atoms with Gasteiger partial charge in [-0.2, -0.15) is 13.8 Å². The first-order valence-corrected chi connectivity index (χ1v) is 7.97. The van der Waals surface area contributed by atoms with Crippen LogP contribution >= 0.6 is 11.6 Å². The van der Waals surface area contributed by atoms with Crippen molar-refractivity contribution in [1.29, 1.82) is 0 Å². The van der Waals surface area contributed by atoms with Crippen LogP contribution in [-0.2, 0) is 15.2 Å². The number of halogens is 3. The van der Waals surface area contributed by atoms with Crippen molar-refractivity contribution in [3.05, 3.63) is 30.2 Å². The Balaban J connectivity index is 2.48. The number of sulfone groups is 1. The first kappa shape index (κ1) is 16.8. The first-order chi connectivity index (χ1) is 9.93. The lowest BCUT2D eigenvalue weighted by molar-refractivity contribution is 0.0551. The molecule has 5 nitrogen and oxygen atoms in total. The molecule has 1 radical (unpaired) electrons. The quantitative estimate of drug-likeness (QED) is 0.794. The molecule has 119 valence electrons. The maximum Gasteiger partial charge on any atom is 0.400 e. The first-order valence-electron chi connectivity index (χ1n) is 6.10. The zero-order valence-electron chi connectivity index (χ0n) is 11.9. The minimum atomic E-state index is -3.79. The topological polar surface area (TPSA) is 73.1 Å². The summed E-state index contributed by atoms with van der Waals surface area (Å²) in [6.07, 6.45) is 0. The number of alkyl halides is 3. The van der Waals surface area contributed by atoms with Crippen LogP contribution in [0.3, 0.4) is 0 Å². The minimum absolute atomic E-state index is 0.0820. The molecule has 0 N–H and O–H groups in total. The highest BCUT2D eigenvalue weighted by Gasteiger charge is 2.36. The van der Waals surface area contributed by atoms with Crippen molar-refractivity contribution < 1.29 is 21.7 Å². The molecule has 0 fully saturated rings. The second-order valence-corrected chi connectivity index (χ2v) is 8.62. The molecule has 0 aliphatic carbocycles. The van der Waals surface area contributed by atoms with E-state index in [0.29, 0.717) is 0 Å². The van der Waals surface area contributed by atoms with E-state index in [0.717, 1.165) is 0 Å². The van der Waals surface area contributed by atoms with Crippen molar-refractivity contribution in [2.45, 2.75) is 35.8 Å². The Morgan fingerprint density at radius 1 is 1.32 bits per heavy atom. The van der Waals surface area contributed by atoms with E-state index in [1.807, 2.05) is 0 Å². The van der Waals surface area contributed by atoms with Gasteiger partial charge in [0.15, 0.2) is 9.84 Å². The lowest BCUT2D eigenvalue weighted by atomic mass is 10.2. The minimum Gasteiger partial charge on any atom is -0.331 e. The van der Waals surface area contributed by atoms with Gasteiger partial charge in [-0.15, -0.1) is 0 Å². The molecule has 22 heavy (non-hydrogen) atoms. The molecule has 9 heteroatoms. The molecule has 0 aliphatic rings. The standard InChI is InChI=1S/C13H12ClF2N2O3S/c1-12(2,3)22(19,20)9-6-4-5-8(7-9)10-17-11(21-18-10)13(14,15)16/h4-5,7H,1-3H3. The molecule has 0 atom stereocenters. The average Bonchev–Trinajstić information content (AvgIpc) is 2.87. The molecule has 0 spiro atoms. The third kappa shape index (κ3) is 3.12. The number of nitrogens with zero attached hydrogens (tertiary/aromatic N) is 2. The van der Waals surface area contributed by atoms with E-state index < -0.39 is 25.9 Å². The summed E-state index contributed by atoms with van der Waals surface area (Å²) in [4.78, 5) is 3.39. The molecular formula is C13H12ClF2N2O3S. The molecule has 0 bridgehead atoms. The smallest absolute Gasteiger partial charge is 0.331 e. The highest BCUT2D eigenvalue weighted by atomic mass is 35.5. The second kappa shape index (κ2) is 5.27. The summed E-state index contributed by atoms with van der Waals surface area (Å²) in [5, 5.41) is -0.406. The zero-order chi connectivity index (χ0) is 16.8. The highest BCUT2D eigenvalue weighted by Crippen LogP contribution is 2.33. The fraction of sp³-hybridized carbons (Fsp3) is 0.385. The van der Waals surface area contributed by atoms with E-state index >= 15 is 0 Å². The van der Waals surface area contributed by atoms with Crippen molar-refractivity contribution in [1.82, 2.24) is 10.1 Å². The van der Waals surface area contributed by atoms with Gasteiger partial charge < -0.3 is 4.52 Å². The normalized spacial score (nSPS) is 13.4. The number of aromatic nitrogens is 2. The number of hydrogen-bond donors (Lipinski definition) is 0. The molecule has 0 saturated carbocycles. The van der Waals surface area contributed by atoms with E-state index in [1.165, 1.54) is 18.2 Å². The molecule has 1 heterocycles. The fourth-order valence-electron chi connectivity index (χ4n) is 1.52. The second-order valence-electron chi connectivity index (χ2n) is 5.48. The Morgan fingerprint density at radius 3 is 2.45 bits per heavy atom. The number of rotatable bonds is 3. The van der Waals surface area contributed by atoms with Crippen LogP contribution in [0.25, 0.3) is 11.4 Å². The van der Waals surface area contributed by atoms with Crippen LogP contribution in [0.1, 0.15) is 26.7 Å². The zero-order valence-corrected chi connectivity index (χ0v) is 13.5. The van der Waals surface area contributed by atoms with Gasteiger partial charge in [-0.3, -0.25) is 0 Å². The molecule has 1 aromatic carbocycles. The summed E-state index contributed by atoms with van der Waals surface area (Å²) in [5.41, 5.74) is 0.206. The predicted octanol–water partition coefficient (Wildman–Crippen LogP) is 3.40. The van der Waals surface area contributed by atoms with E-state index in [-0.39, 0.29) is 16.3 Å². The van der Waals surface area contributed by atoms with Gasteiger partial charge in [0.2, 0.25) is 5.82 Å². The van der Waals surface area contributed by atoms with Gasteiger partial charge in [0.25, 0.3) is 0 Å². The van der Waals surface area contributed by atoms with E-state index in [4.69, 9.17) is 11.6 Å². The van der Waals surface area contributed by atoms with Gasteiger partial charge >= 0.3 is 11.3 Å². The van der Waals surface area contributed by atoms with Crippen molar-refractivity contribution in [3.8, 4) is 11.4 Å². The van der Waals surface area contributed by atoms with Crippen molar-refractivity contribution >= 4 is 21.4 Å². The van der Waals surface area contributed by atoms with Crippen LogP contribution in [0.4, 0.5) is 8.78 Å². The molecule has 0 saturated heterocycles. The van der Waals surface area contributed by atoms with E-state index in [2.05, 4.69) is 20.7 Å². The summed E-state index contributed by atoms with van der Waals surface area (Å²) in [6.45, 7) is 4.63. The third-order valence-corrected chi connectivity index (χ3v) is 5.39. The molecule has 0 aliphatic heterocycles. The molecule has 2 rings (SSSR count). The fourth-order valence-corrected chi connectivity index (χ4v) is 2.77. The van der Waals surface area contributed by atoms with E-state index in [1.54, 1.807) is 20.8 Å². The summed E-state index contributed by atoms with van der Waals surface area (Å²) in [6, 6.07) is 6.65. The van der Waals surface area contributed by atoms with Crippen LogP contribution in [0.15, 0.2) is 27.6 Å². The largest absolute Gasteiger partial charge is 0.400 e. The molecule has 0 unspecified atom stereocenters. The van der Waals surface area contributed by atoms with Crippen molar-refractivity contribution in [2.75, 3.05) is 0 Å². The number of benzene rings is 1. The predicted molar refractivity (Wildman–Crippen MR) is 75.3 cm³/mol. The lowest BCUT2D eigenvalue weighted by Gasteiger charge is -2.19. The van der Waals surface area contributed by atoms with Gasteiger partial charge in [-0.05, 0) is 38.4 Å². The van der Waals surface area contributed by atoms with Crippen LogP contribution < -0.4 is 0 Å². The average molecular weight is 350 g/mol. The van der Waals surface area contributed by atoms with E-state index in [9.17, 15) is 17.2 Å². The Bertz CT molecular complexity index is 792. The Morgan fingerprint density at radius 2 is 1.95 bits per heavy atom. The van der Waals surface area contributed by atoms with Gasteiger partial charge in [0.05, 0.1) is 9.64 Å². The summed E-state index contributed by atoms with van der Waals surface area (Å²) in [7, 11) is -3.64. The highest BCUT2D eigenvalue weighted by molar-refractivity contribution is 7.92. The van der Waals surface area contributed by atoms with Crippen LogP contribution in [0.2, 0.25) is 0 Å².